The van der Waals surface area contributed by atoms with Crippen LogP contribution < -0.4 is 0 Å². The molecule has 1 aliphatic carbocycles. The summed E-state index contributed by atoms with van der Waals surface area (Å²) < 4.78 is 0. The molecule has 0 spiro atoms. The van der Waals surface area contributed by atoms with Gasteiger partial charge < -0.3 is 4.90 Å². The third kappa shape index (κ3) is 0.590. The Bertz CT molecular complexity index is 164. The first kappa shape index (κ1) is 5.03. The van der Waals surface area contributed by atoms with Crippen molar-refractivity contribution >= 4 is 6.41 Å². The molecular weight excluding hydrogens is 114 g/mol. The summed E-state index contributed by atoms with van der Waals surface area (Å²) in [5.41, 5.74) is 0. The summed E-state index contributed by atoms with van der Waals surface area (Å²) in [5.74, 6) is 0.667. The minimum atomic E-state index is 0.437. The second-order valence-electron chi connectivity index (χ2n) is 2.75. The Kier molecular flexibility index (Phi) is 0.891. The molecule has 1 fully saturated rings. The Balaban J connectivity index is 2.19. The lowest BCUT2D eigenvalue weighted by Crippen LogP contribution is -2.27. The standard InChI is InChI=1S/C7H9NO/c9-5-8-4-6-1-2-7(8)3-6/h1-2,5-7H,3-4H2/t6-,7-/m1/s1. The van der Waals surface area contributed by atoms with Crippen LogP contribution in [0.4, 0.5) is 0 Å². The van der Waals surface area contributed by atoms with Gasteiger partial charge in [0.2, 0.25) is 6.41 Å². The van der Waals surface area contributed by atoms with E-state index in [2.05, 4.69) is 12.2 Å². The summed E-state index contributed by atoms with van der Waals surface area (Å²) >= 11 is 0. The molecule has 2 atom stereocenters. The Morgan fingerprint density at radius 1 is 1.56 bits per heavy atom. The van der Waals surface area contributed by atoms with Gasteiger partial charge in [0, 0.05) is 6.54 Å². The van der Waals surface area contributed by atoms with Crippen LogP contribution in [-0.2, 0) is 4.79 Å². The van der Waals surface area contributed by atoms with Gasteiger partial charge in [-0.05, 0) is 12.3 Å². The highest BCUT2D eigenvalue weighted by Crippen LogP contribution is 2.29. The first-order valence-electron chi connectivity index (χ1n) is 3.29. The average molecular weight is 123 g/mol. The van der Waals surface area contributed by atoms with Gasteiger partial charge in [0.1, 0.15) is 0 Å². The van der Waals surface area contributed by atoms with Crippen molar-refractivity contribution in [3.8, 4) is 0 Å². The predicted octanol–water partition coefficient (Wildman–Crippen LogP) is 0.403. The number of nitrogens with zero attached hydrogens (tertiary/aromatic N) is 1. The molecule has 0 N–H and O–H groups in total. The van der Waals surface area contributed by atoms with Gasteiger partial charge >= 0.3 is 0 Å². The maximum Gasteiger partial charge on any atom is 0.210 e. The maximum atomic E-state index is 10.3. The molecule has 0 aromatic heterocycles. The van der Waals surface area contributed by atoms with E-state index < -0.39 is 0 Å². The molecule has 48 valence electrons. The molecule has 0 aromatic carbocycles. The smallest absolute Gasteiger partial charge is 0.210 e. The van der Waals surface area contributed by atoms with Crippen molar-refractivity contribution < 1.29 is 4.79 Å². The summed E-state index contributed by atoms with van der Waals surface area (Å²) in [6.45, 7) is 0.949. The van der Waals surface area contributed by atoms with Crippen molar-refractivity contribution in [2.24, 2.45) is 5.92 Å². The number of amides is 1. The molecular formula is C7H9NO. The molecule has 2 heteroatoms. The summed E-state index contributed by atoms with van der Waals surface area (Å²) in [5, 5.41) is 0. The molecule has 1 saturated heterocycles. The third-order valence-corrected chi connectivity index (χ3v) is 2.16. The molecule has 0 aromatic rings. The second kappa shape index (κ2) is 1.59. The van der Waals surface area contributed by atoms with Gasteiger partial charge in [-0.15, -0.1) is 0 Å². The number of carbonyl (C=O) groups is 1. The van der Waals surface area contributed by atoms with Gasteiger partial charge in [-0.3, -0.25) is 4.79 Å². The fourth-order valence-corrected chi connectivity index (χ4v) is 1.66. The summed E-state index contributed by atoms with van der Waals surface area (Å²) in [6.07, 6.45) is 6.46. The van der Waals surface area contributed by atoms with Crippen LogP contribution >= 0.6 is 0 Å². The summed E-state index contributed by atoms with van der Waals surface area (Å²) in [4.78, 5) is 12.2. The minimum absolute atomic E-state index is 0.437. The van der Waals surface area contributed by atoms with Crippen molar-refractivity contribution in [3.63, 3.8) is 0 Å². The van der Waals surface area contributed by atoms with E-state index in [4.69, 9.17) is 0 Å². The van der Waals surface area contributed by atoms with Crippen LogP contribution in [0, 0.1) is 5.92 Å². The Labute approximate surface area is 54.1 Å². The van der Waals surface area contributed by atoms with E-state index >= 15 is 0 Å². The van der Waals surface area contributed by atoms with E-state index in [1.807, 2.05) is 4.90 Å². The van der Waals surface area contributed by atoms with Crippen LogP contribution in [0.25, 0.3) is 0 Å². The lowest BCUT2D eigenvalue weighted by atomic mass is 10.2. The Hall–Kier alpha value is -0.790. The van der Waals surface area contributed by atoms with Crippen LogP contribution in [0.2, 0.25) is 0 Å². The predicted molar refractivity (Wildman–Crippen MR) is 33.8 cm³/mol. The fraction of sp³-hybridized carbons (Fsp3) is 0.571. The Morgan fingerprint density at radius 2 is 2.44 bits per heavy atom. The molecule has 0 saturated carbocycles. The summed E-state index contributed by atoms with van der Waals surface area (Å²) in [6, 6.07) is 0.437. The number of hydrogen-bond donors (Lipinski definition) is 0. The monoisotopic (exact) mass is 123 g/mol. The van der Waals surface area contributed by atoms with E-state index in [9.17, 15) is 4.79 Å². The van der Waals surface area contributed by atoms with Gasteiger partial charge in [0.25, 0.3) is 0 Å². The van der Waals surface area contributed by atoms with Crippen LogP contribution in [0.15, 0.2) is 12.2 Å². The van der Waals surface area contributed by atoms with E-state index in [1.54, 1.807) is 0 Å². The lowest BCUT2D eigenvalue weighted by Gasteiger charge is -2.17. The van der Waals surface area contributed by atoms with Crippen molar-refractivity contribution in [1.29, 1.82) is 0 Å². The molecule has 1 amide bonds. The number of carbonyl (C=O) groups excluding carboxylic acids is 1. The zero-order valence-corrected chi connectivity index (χ0v) is 5.16. The summed E-state index contributed by atoms with van der Waals surface area (Å²) in [7, 11) is 0. The van der Waals surface area contributed by atoms with Crippen molar-refractivity contribution in [1.82, 2.24) is 4.90 Å². The first-order chi connectivity index (χ1) is 4.40. The molecule has 2 bridgehead atoms. The highest BCUT2D eigenvalue weighted by Gasteiger charge is 2.32. The molecule has 0 radical (unpaired) electrons. The van der Waals surface area contributed by atoms with Gasteiger partial charge in [-0.1, -0.05) is 12.2 Å². The normalized spacial score (nSPS) is 38.0. The van der Waals surface area contributed by atoms with Gasteiger partial charge in [0.05, 0.1) is 6.04 Å². The fourth-order valence-electron chi connectivity index (χ4n) is 1.66. The van der Waals surface area contributed by atoms with E-state index in [1.165, 1.54) is 6.42 Å². The van der Waals surface area contributed by atoms with Crippen LogP contribution in [-0.4, -0.2) is 23.9 Å². The topological polar surface area (TPSA) is 20.3 Å². The van der Waals surface area contributed by atoms with Gasteiger partial charge in [-0.25, -0.2) is 0 Å². The molecule has 9 heavy (non-hydrogen) atoms. The number of rotatable bonds is 1. The second-order valence-corrected chi connectivity index (χ2v) is 2.75. The van der Waals surface area contributed by atoms with Crippen molar-refractivity contribution in [2.75, 3.05) is 6.54 Å². The SMILES string of the molecule is O=CN1C[C@@H]2C=C[C@@H]1C2. The zero-order chi connectivity index (χ0) is 6.27. The number of hydrogen-bond acceptors (Lipinski definition) is 1. The average Bonchev–Trinajstić information content (AvgIpc) is 2.45. The van der Waals surface area contributed by atoms with E-state index in [0.717, 1.165) is 13.0 Å². The number of likely N-dealkylation sites (tertiary alicyclic amines) is 1. The zero-order valence-electron chi connectivity index (χ0n) is 5.16. The largest absolute Gasteiger partial charge is 0.338 e. The van der Waals surface area contributed by atoms with Crippen molar-refractivity contribution in [3.05, 3.63) is 12.2 Å². The number of fused-ring (bicyclic) bond motifs is 2. The van der Waals surface area contributed by atoms with Crippen LogP contribution in [0.5, 0.6) is 0 Å². The molecule has 2 aliphatic rings. The first-order valence-corrected chi connectivity index (χ1v) is 3.29. The molecule has 1 aliphatic heterocycles. The molecule has 2 nitrogen and oxygen atoms in total. The Morgan fingerprint density at radius 3 is 2.78 bits per heavy atom. The minimum Gasteiger partial charge on any atom is -0.338 e. The highest BCUT2D eigenvalue weighted by atomic mass is 16.1. The van der Waals surface area contributed by atoms with E-state index in [0.29, 0.717) is 12.0 Å². The lowest BCUT2D eigenvalue weighted by molar-refractivity contribution is -0.118. The third-order valence-electron chi connectivity index (χ3n) is 2.16. The quantitative estimate of drug-likeness (QED) is 0.365. The van der Waals surface area contributed by atoms with E-state index in [-0.39, 0.29) is 0 Å². The van der Waals surface area contributed by atoms with Gasteiger partial charge in [-0.2, -0.15) is 0 Å². The van der Waals surface area contributed by atoms with Crippen LogP contribution in [0.3, 0.4) is 0 Å². The molecule has 2 rings (SSSR count). The highest BCUT2D eigenvalue weighted by molar-refractivity contribution is 5.50. The molecule has 1 heterocycles. The van der Waals surface area contributed by atoms with Gasteiger partial charge in [0.15, 0.2) is 0 Å². The maximum absolute atomic E-state index is 10.3. The molecule has 0 unspecified atom stereocenters. The van der Waals surface area contributed by atoms with Crippen molar-refractivity contribution in [2.45, 2.75) is 12.5 Å². The van der Waals surface area contributed by atoms with Crippen LogP contribution in [0.1, 0.15) is 6.42 Å².